The van der Waals surface area contributed by atoms with Gasteiger partial charge in [-0.25, -0.2) is 18.3 Å². The van der Waals surface area contributed by atoms with Crippen LogP contribution in [-0.2, 0) is 11.3 Å². The van der Waals surface area contributed by atoms with E-state index in [9.17, 15) is 23.5 Å². The summed E-state index contributed by atoms with van der Waals surface area (Å²) in [6.07, 6.45) is 2.37. The number of aliphatic hydroxyl groups excluding tert-OH is 1. The third kappa shape index (κ3) is 3.14. The molecule has 4 rings (SSSR count). The molecule has 27 heavy (non-hydrogen) atoms. The Morgan fingerprint density at radius 2 is 2.00 bits per heavy atom. The van der Waals surface area contributed by atoms with Crippen LogP contribution in [-0.4, -0.2) is 48.3 Å². The number of aromatic nitrogens is 4. The second-order valence-electron chi connectivity index (χ2n) is 6.89. The molecular formula is C17H19F2N5O3. The Hall–Kier alpha value is -2.62. The van der Waals surface area contributed by atoms with E-state index in [4.69, 9.17) is 0 Å². The fraction of sp³-hybridized carbons (Fsp3) is 0.529. The third-order valence-electron chi connectivity index (χ3n) is 5.11. The second-order valence-corrected chi connectivity index (χ2v) is 6.89. The first kappa shape index (κ1) is 17.8. The van der Waals surface area contributed by atoms with Crippen molar-refractivity contribution in [1.29, 1.82) is 0 Å². The Labute approximate surface area is 153 Å². The lowest BCUT2D eigenvalue weighted by Gasteiger charge is -2.29. The van der Waals surface area contributed by atoms with Gasteiger partial charge >= 0.3 is 5.69 Å². The van der Waals surface area contributed by atoms with Crippen molar-refractivity contribution < 1.29 is 18.7 Å². The Balaban J connectivity index is 1.69. The van der Waals surface area contributed by atoms with Crippen LogP contribution < -0.4 is 5.69 Å². The molecule has 2 aliphatic rings. The molecule has 8 nitrogen and oxygen atoms in total. The van der Waals surface area contributed by atoms with Gasteiger partial charge in [0.1, 0.15) is 23.8 Å². The van der Waals surface area contributed by atoms with Gasteiger partial charge in [0.05, 0.1) is 18.4 Å². The first-order valence-corrected chi connectivity index (χ1v) is 8.91. The van der Waals surface area contributed by atoms with Crippen molar-refractivity contribution >= 4 is 5.91 Å². The van der Waals surface area contributed by atoms with Crippen molar-refractivity contribution in [1.82, 2.24) is 24.2 Å². The lowest BCUT2D eigenvalue weighted by atomic mass is 10.0. The minimum atomic E-state index is -0.979. The number of carbonyl (C=O) groups excluding carboxylic acids is 1. The number of aliphatic hydroxyl groups is 1. The number of amides is 1. The molecule has 1 fully saturated rings. The molecule has 2 unspecified atom stereocenters. The monoisotopic (exact) mass is 379 g/mol. The average molecular weight is 379 g/mol. The van der Waals surface area contributed by atoms with Gasteiger partial charge in [-0.05, 0) is 25.7 Å². The van der Waals surface area contributed by atoms with Crippen LogP contribution >= 0.6 is 0 Å². The maximum atomic E-state index is 13.9. The highest BCUT2D eigenvalue weighted by atomic mass is 19.1. The number of rotatable bonds is 3. The first-order chi connectivity index (χ1) is 13.0. The third-order valence-corrected chi connectivity index (χ3v) is 5.11. The predicted molar refractivity (Wildman–Crippen MR) is 88.8 cm³/mol. The standard InChI is InChI=1S/C17H19F2N5O3/c18-10-7-11(19)12(20-8-10)9-23-17(27)24-13(3-4-14(25)15(24)21-23)16(26)22-5-1-2-6-22/h7-8,13-14,25H,1-6,9H2. The summed E-state index contributed by atoms with van der Waals surface area (Å²) in [6, 6.07) is -0.0495. The van der Waals surface area contributed by atoms with Crippen molar-refractivity contribution in [3.8, 4) is 0 Å². The van der Waals surface area contributed by atoms with Gasteiger partial charge in [-0.2, -0.15) is 5.10 Å². The molecule has 4 heterocycles. The van der Waals surface area contributed by atoms with Gasteiger partial charge in [-0.15, -0.1) is 0 Å². The lowest BCUT2D eigenvalue weighted by molar-refractivity contribution is -0.134. The van der Waals surface area contributed by atoms with Gasteiger partial charge in [-0.1, -0.05) is 0 Å². The van der Waals surface area contributed by atoms with Gasteiger partial charge in [0.2, 0.25) is 5.91 Å². The van der Waals surface area contributed by atoms with Gasteiger partial charge in [0.15, 0.2) is 5.82 Å². The zero-order valence-corrected chi connectivity index (χ0v) is 14.5. The molecule has 1 amide bonds. The molecule has 0 aromatic carbocycles. The molecule has 2 aliphatic heterocycles. The summed E-state index contributed by atoms with van der Waals surface area (Å²) in [5, 5.41) is 14.3. The van der Waals surface area contributed by atoms with Crippen LogP contribution in [0.3, 0.4) is 0 Å². The molecule has 10 heteroatoms. The van der Waals surface area contributed by atoms with Crippen molar-refractivity contribution in [2.45, 2.75) is 44.4 Å². The van der Waals surface area contributed by atoms with Gasteiger partial charge in [0, 0.05) is 19.2 Å². The van der Waals surface area contributed by atoms with E-state index in [0.717, 1.165) is 23.7 Å². The van der Waals surface area contributed by atoms with Crippen LogP contribution in [0.5, 0.6) is 0 Å². The molecule has 0 radical (unpaired) electrons. The molecular weight excluding hydrogens is 360 g/mol. The number of nitrogens with zero attached hydrogens (tertiary/aromatic N) is 5. The number of hydrogen-bond donors (Lipinski definition) is 1. The Kier molecular flexibility index (Phi) is 4.50. The van der Waals surface area contributed by atoms with E-state index in [1.807, 2.05) is 0 Å². The summed E-state index contributed by atoms with van der Waals surface area (Å²) in [5.74, 6) is -1.78. The summed E-state index contributed by atoms with van der Waals surface area (Å²) in [7, 11) is 0. The number of likely N-dealkylation sites (tertiary alicyclic amines) is 1. The van der Waals surface area contributed by atoms with E-state index in [0.29, 0.717) is 32.0 Å². The summed E-state index contributed by atoms with van der Waals surface area (Å²) in [6.45, 7) is 0.990. The normalized spacial score (nSPS) is 22.1. The zero-order valence-electron chi connectivity index (χ0n) is 14.5. The molecule has 0 spiro atoms. The minimum absolute atomic E-state index is 0.0892. The molecule has 0 aliphatic carbocycles. The van der Waals surface area contributed by atoms with E-state index < -0.39 is 29.5 Å². The van der Waals surface area contributed by atoms with Crippen molar-refractivity contribution in [2.75, 3.05) is 13.1 Å². The number of fused-ring (bicyclic) bond motifs is 1. The summed E-state index contributed by atoms with van der Waals surface area (Å²) in [4.78, 5) is 31.0. The molecule has 0 saturated carbocycles. The van der Waals surface area contributed by atoms with Crippen molar-refractivity contribution in [3.63, 3.8) is 0 Å². The van der Waals surface area contributed by atoms with E-state index in [2.05, 4.69) is 10.1 Å². The maximum absolute atomic E-state index is 13.9. The Morgan fingerprint density at radius 1 is 1.26 bits per heavy atom. The van der Waals surface area contributed by atoms with E-state index >= 15 is 0 Å². The SMILES string of the molecule is O=C(C1CCC(O)c2nn(Cc3ncc(F)cc3F)c(=O)n21)N1CCCC1. The van der Waals surface area contributed by atoms with E-state index in [1.54, 1.807) is 4.90 Å². The van der Waals surface area contributed by atoms with Crippen LogP contribution in [0.25, 0.3) is 0 Å². The number of carbonyl (C=O) groups is 1. The summed E-state index contributed by atoms with van der Waals surface area (Å²) >= 11 is 0. The lowest BCUT2D eigenvalue weighted by Crippen LogP contribution is -2.42. The smallest absolute Gasteiger partial charge is 0.347 e. The molecule has 0 bridgehead atoms. The van der Waals surface area contributed by atoms with Crippen LogP contribution in [0.15, 0.2) is 17.1 Å². The van der Waals surface area contributed by atoms with Crippen LogP contribution in [0.1, 0.15) is 49.3 Å². The molecule has 144 valence electrons. The fourth-order valence-electron chi connectivity index (χ4n) is 3.72. The van der Waals surface area contributed by atoms with Crippen molar-refractivity contribution in [3.05, 3.63) is 45.9 Å². The Bertz CT molecular complexity index is 935. The Morgan fingerprint density at radius 3 is 2.70 bits per heavy atom. The molecule has 2 atom stereocenters. The topological polar surface area (TPSA) is 93.2 Å². The highest BCUT2D eigenvalue weighted by Crippen LogP contribution is 2.31. The second kappa shape index (κ2) is 6.84. The number of hydrogen-bond acceptors (Lipinski definition) is 5. The maximum Gasteiger partial charge on any atom is 0.347 e. The number of halogens is 2. The highest BCUT2D eigenvalue weighted by molar-refractivity contribution is 5.81. The number of pyridine rings is 1. The summed E-state index contributed by atoms with van der Waals surface area (Å²) < 4.78 is 29.1. The van der Waals surface area contributed by atoms with Gasteiger partial charge in [-0.3, -0.25) is 14.3 Å². The average Bonchev–Trinajstić information content (AvgIpc) is 3.27. The molecule has 1 N–H and O–H groups in total. The highest BCUT2D eigenvalue weighted by Gasteiger charge is 2.37. The first-order valence-electron chi connectivity index (χ1n) is 8.91. The summed E-state index contributed by atoms with van der Waals surface area (Å²) in [5.41, 5.74) is -0.766. The van der Waals surface area contributed by atoms with Crippen molar-refractivity contribution in [2.24, 2.45) is 0 Å². The molecule has 1 saturated heterocycles. The van der Waals surface area contributed by atoms with Gasteiger partial charge < -0.3 is 10.0 Å². The quantitative estimate of drug-likeness (QED) is 0.850. The predicted octanol–water partition coefficient (Wildman–Crippen LogP) is 0.757. The van der Waals surface area contributed by atoms with Crippen LogP contribution in [0, 0.1) is 11.6 Å². The van der Waals surface area contributed by atoms with Gasteiger partial charge in [0.25, 0.3) is 0 Å². The van der Waals surface area contributed by atoms with Crippen LogP contribution in [0.2, 0.25) is 0 Å². The van der Waals surface area contributed by atoms with E-state index in [-0.39, 0.29) is 24.0 Å². The molecule has 2 aromatic heterocycles. The zero-order chi connectivity index (χ0) is 19.1. The molecule has 2 aromatic rings. The van der Waals surface area contributed by atoms with Crippen LogP contribution in [0.4, 0.5) is 8.78 Å². The fourth-order valence-corrected chi connectivity index (χ4v) is 3.72. The largest absolute Gasteiger partial charge is 0.385 e. The minimum Gasteiger partial charge on any atom is -0.385 e. The van der Waals surface area contributed by atoms with E-state index in [1.165, 1.54) is 4.57 Å².